The molecule has 7 heteroatoms. The summed E-state index contributed by atoms with van der Waals surface area (Å²) < 4.78 is 5.29. The van der Waals surface area contributed by atoms with Crippen molar-refractivity contribution in [3.8, 4) is 6.07 Å². The number of halogens is 1. The highest BCUT2D eigenvalue weighted by Crippen LogP contribution is 2.09. The lowest BCUT2D eigenvalue weighted by molar-refractivity contribution is -0.117. The molecule has 1 aromatic carbocycles. The van der Waals surface area contributed by atoms with Crippen LogP contribution in [-0.4, -0.2) is 50.2 Å². The van der Waals surface area contributed by atoms with E-state index in [2.05, 4.69) is 15.5 Å². The van der Waals surface area contributed by atoms with Crippen LogP contribution in [0, 0.1) is 11.3 Å². The highest BCUT2D eigenvalue weighted by atomic mass is 35.5. The third-order valence-electron chi connectivity index (χ3n) is 3.65. The highest BCUT2D eigenvalue weighted by molar-refractivity contribution is 6.30. The van der Waals surface area contributed by atoms with E-state index < -0.39 is 5.91 Å². The van der Waals surface area contributed by atoms with Crippen molar-refractivity contribution in [2.75, 3.05) is 39.4 Å². The van der Waals surface area contributed by atoms with E-state index in [1.54, 1.807) is 12.1 Å². The van der Waals surface area contributed by atoms with Crippen LogP contribution >= 0.6 is 11.6 Å². The molecule has 1 amide bonds. The molecule has 2 rings (SSSR count). The summed E-state index contributed by atoms with van der Waals surface area (Å²) in [5, 5.41) is 15.5. The van der Waals surface area contributed by atoms with Crippen LogP contribution in [0.15, 0.2) is 36.0 Å². The molecule has 1 aliphatic heterocycles. The fourth-order valence-electron chi connectivity index (χ4n) is 2.25. The van der Waals surface area contributed by atoms with Crippen molar-refractivity contribution >= 4 is 17.5 Å². The molecular formula is C17H21ClN4O2. The molecule has 1 heterocycles. The van der Waals surface area contributed by atoms with E-state index in [0.717, 1.165) is 38.4 Å². The summed E-state index contributed by atoms with van der Waals surface area (Å²) in [4.78, 5) is 14.3. The molecule has 0 aromatic heterocycles. The van der Waals surface area contributed by atoms with Gasteiger partial charge in [0.1, 0.15) is 11.6 Å². The quantitative estimate of drug-likeness (QED) is 0.441. The number of benzene rings is 1. The largest absolute Gasteiger partial charge is 0.388 e. The number of hydrogen-bond acceptors (Lipinski definition) is 5. The minimum atomic E-state index is -0.397. The van der Waals surface area contributed by atoms with Gasteiger partial charge in [-0.05, 0) is 17.7 Å². The zero-order valence-corrected chi connectivity index (χ0v) is 14.2. The van der Waals surface area contributed by atoms with Gasteiger partial charge in [0.05, 0.1) is 13.2 Å². The lowest BCUT2D eigenvalue weighted by Crippen LogP contribution is -2.39. The maximum Gasteiger partial charge on any atom is 0.263 e. The molecule has 1 aromatic rings. The van der Waals surface area contributed by atoms with Gasteiger partial charge < -0.3 is 15.4 Å². The van der Waals surface area contributed by atoms with Crippen LogP contribution < -0.4 is 10.6 Å². The summed E-state index contributed by atoms with van der Waals surface area (Å²) in [5.74, 6) is -0.397. The molecule has 0 radical (unpaired) electrons. The lowest BCUT2D eigenvalue weighted by atomic mass is 10.2. The number of carbonyl (C=O) groups is 1. The summed E-state index contributed by atoms with van der Waals surface area (Å²) in [7, 11) is 0. The first-order valence-corrected chi connectivity index (χ1v) is 8.23. The zero-order chi connectivity index (χ0) is 17.2. The highest BCUT2D eigenvalue weighted by Gasteiger charge is 2.10. The number of ether oxygens (including phenoxy) is 1. The van der Waals surface area contributed by atoms with Crippen LogP contribution in [0.1, 0.15) is 5.56 Å². The smallest absolute Gasteiger partial charge is 0.263 e. The van der Waals surface area contributed by atoms with E-state index in [0.29, 0.717) is 18.1 Å². The van der Waals surface area contributed by atoms with Gasteiger partial charge in [-0.3, -0.25) is 9.69 Å². The molecule has 0 saturated carbocycles. The maximum atomic E-state index is 12.0. The van der Waals surface area contributed by atoms with Crippen LogP contribution in [0.5, 0.6) is 0 Å². The lowest BCUT2D eigenvalue weighted by Gasteiger charge is -2.26. The number of carbonyl (C=O) groups excluding carboxylic acids is 1. The normalized spacial score (nSPS) is 15.6. The molecule has 128 valence electrons. The van der Waals surface area contributed by atoms with E-state index in [1.165, 1.54) is 6.20 Å². The number of amides is 1. The van der Waals surface area contributed by atoms with Gasteiger partial charge in [-0.1, -0.05) is 23.7 Å². The number of nitriles is 1. The van der Waals surface area contributed by atoms with Crippen LogP contribution in [0.4, 0.5) is 0 Å². The molecule has 0 unspecified atom stereocenters. The van der Waals surface area contributed by atoms with E-state index >= 15 is 0 Å². The van der Waals surface area contributed by atoms with Crippen LogP contribution in [0.3, 0.4) is 0 Å². The predicted molar refractivity (Wildman–Crippen MR) is 92.3 cm³/mol. The SMILES string of the molecule is N#C/C(=C/NCCN1CCOCC1)C(=O)NCc1ccc(Cl)cc1. The minimum Gasteiger partial charge on any atom is -0.388 e. The third kappa shape index (κ3) is 6.20. The first kappa shape index (κ1) is 18.3. The number of nitrogens with one attached hydrogen (secondary N) is 2. The maximum absolute atomic E-state index is 12.0. The molecule has 0 bridgehead atoms. The Labute approximate surface area is 147 Å². The Morgan fingerprint density at radius 2 is 2.04 bits per heavy atom. The van der Waals surface area contributed by atoms with Crippen molar-refractivity contribution in [1.82, 2.24) is 15.5 Å². The summed E-state index contributed by atoms with van der Waals surface area (Å²) in [6.45, 7) is 5.22. The van der Waals surface area contributed by atoms with Crippen LogP contribution in [-0.2, 0) is 16.1 Å². The topological polar surface area (TPSA) is 77.4 Å². The summed E-state index contributed by atoms with van der Waals surface area (Å²) in [6.07, 6.45) is 1.47. The first-order valence-electron chi connectivity index (χ1n) is 7.85. The van der Waals surface area contributed by atoms with Gasteiger partial charge in [-0.25, -0.2) is 0 Å². The van der Waals surface area contributed by atoms with E-state index in [-0.39, 0.29) is 5.57 Å². The van der Waals surface area contributed by atoms with Gasteiger partial charge in [0, 0.05) is 43.9 Å². The van der Waals surface area contributed by atoms with Gasteiger partial charge in [0.25, 0.3) is 5.91 Å². The van der Waals surface area contributed by atoms with Gasteiger partial charge in [-0.2, -0.15) is 5.26 Å². The fraction of sp³-hybridized carbons (Fsp3) is 0.412. The average molecular weight is 349 g/mol. The Hall–Kier alpha value is -2.07. The van der Waals surface area contributed by atoms with Gasteiger partial charge >= 0.3 is 0 Å². The predicted octanol–water partition coefficient (Wildman–Crippen LogP) is 1.29. The second kappa shape index (κ2) is 9.93. The van der Waals surface area contributed by atoms with Crippen molar-refractivity contribution in [2.24, 2.45) is 0 Å². The Balaban J connectivity index is 1.73. The molecule has 0 atom stereocenters. The van der Waals surface area contributed by atoms with Crippen LogP contribution in [0.2, 0.25) is 5.02 Å². The number of rotatable bonds is 7. The van der Waals surface area contributed by atoms with Crippen molar-refractivity contribution in [3.63, 3.8) is 0 Å². The molecule has 0 spiro atoms. The Kier molecular flexibility index (Phi) is 7.56. The van der Waals surface area contributed by atoms with E-state index in [1.807, 2.05) is 18.2 Å². The van der Waals surface area contributed by atoms with Crippen molar-refractivity contribution in [2.45, 2.75) is 6.54 Å². The molecule has 1 saturated heterocycles. The van der Waals surface area contributed by atoms with E-state index in [4.69, 9.17) is 21.6 Å². The Bertz CT molecular complexity index is 604. The van der Waals surface area contributed by atoms with Gasteiger partial charge in [-0.15, -0.1) is 0 Å². The molecule has 1 fully saturated rings. The number of morpholine rings is 1. The first-order chi connectivity index (χ1) is 11.7. The van der Waals surface area contributed by atoms with E-state index in [9.17, 15) is 4.79 Å². The summed E-state index contributed by atoms with van der Waals surface area (Å²) >= 11 is 5.82. The average Bonchev–Trinajstić information content (AvgIpc) is 2.62. The van der Waals surface area contributed by atoms with Gasteiger partial charge in [0.2, 0.25) is 0 Å². The third-order valence-corrected chi connectivity index (χ3v) is 3.91. The van der Waals surface area contributed by atoms with Crippen molar-refractivity contribution in [1.29, 1.82) is 5.26 Å². The zero-order valence-electron chi connectivity index (χ0n) is 13.4. The second-order valence-electron chi connectivity index (χ2n) is 5.39. The number of hydrogen-bond donors (Lipinski definition) is 2. The Morgan fingerprint density at radius 3 is 2.71 bits per heavy atom. The Morgan fingerprint density at radius 1 is 1.33 bits per heavy atom. The minimum absolute atomic E-state index is 0.0611. The molecule has 24 heavy (non-hydrogen) atoms. The van der Waals surface area contributed by atoms with Crippen molar-refractivity contribution in [3.05, 3.63) is 46.6 Å². The number of nitrogens with zero attached hydrogens (tertiary/aromatic N) is 2. The fourth-order valence-corrected chi connectivity index (χ4v) is 2.38. The van der Waals surface area contributed by atoms with Crippen molar-refractivity contribution < 1.29 is 9.53 Å². The second-order valence-corrected chi connectivity index (χ2v) is 5.82. The molecule has 6 nitrogen and oxygen atoms in total. The van der Waals surface area contributed by atoms with Crippen LogP contribution in [0.25, 0.3) is 0 Å². The molecule has 2 N–H and O–H groups in total. The van der Waals surface area contributed by atoms with Gasteiger partial charge in [0.15, 0.2) is 0 Å². The molecule has 1 aliphatic rings. The molecular weight excluding hydrogens is 328 g/mol. The summed E-state index contributed by atoms with van der Waals surface area (Å²) in [5.41, 5.74) is 0.983. The molecule has 0 aliphatic carbocycles. The monoisotopic (exact) mass is 348 g/mol. The standard InChI is InChI=1S/C17H21ClN4O2/c18-16-3-1-14(2-4-16)12-21-17(23)15(11-19)13-20-5-6-22-7-9-24-10-8-22/h1-4,13,20H,5-10,12H2,(H,21,23)/b15-13-. The summed E-state index contributed by atoms with van der Waals surface area (Å²) in [6, 6.07) is 9.10.